The van der Waals surface area contributed by atoms with Gasteiger partial charge in [0.2, 0.25) is 0 Å². The summed E-state index contributed by atoms with van der Waals surface area (Å²) >= 11 is 0. The number of aryl methyl sites for hydroxylation is 1. The lowest BCUT2D eigenvalue weighted by Crippen LogP contribution is -2.35. The number of carboxylic acids is 1. The zero-order valence-electron chi connectivity index (χ0n) is 16.1. The SMILES string of the molecule is Cc1ccccc1-c1nn(-c2ccccc2)cc1CN1CCC(C(=O)O)CC1. The Morgan fingerprint density at radius 1 is 1.07 bits per heavy atom. The maximum Gasteiger partial charge on any atom is 0.306 e. The number of nitrogens with zero attached hydrogens (tertiary/aromatic N) is 3. The highest BCUT2D eigenvalue weighted by Crippen LogP contribution is 2.29. The van der Waals surface area contributed by atoms with Gasteiger partial charge >= 0.3 is 5.97 Å². The first-order valence-electron chi connectivity index (χ1n) is 9.77. The van der Waals surface area contributed by atoms with E-state index in [-0.39, 0.29) is 5.92 Å². The van der Waals surface area contributed by atoms with E-state index < -0.39 is 5.97 Å². The maximum absolute atomic E-state index is 11.2. The van der Waals surface area contributed by atoms with Gasteiger partial charge in [-0.3, -0.25) is 9.69 Å². The molecule has 1 aliphatic rings. The van der Waals surface area contributed by atoms with Crippen molar-refractivity contribution in [3.8, 4) is 16.9 Å². The molecule has 5 nitrogen and oxygen atoms in total. The molecule has 1 fully saturated rings. The molecule has 1 aromatic heterocycles. The van der Waals surface area contributed by atoms with Crippen molar-refractivity contribution in [1.29, 1.82) is 0 Å². The third kappa shape index (κ3) is 3.85. The van der Waals surface area contributed by atoms with Crippen molar-refractivity contribution >= 4 is 5.97 Å². The predicted molar refractivity (Wildman–Crippen MR) is 109 cm³/mol. The summed E-state index contributed by atoms with van der Waals surface area (Å²) in [5, 5.41) is 14.2. The monoisotopic (exact) mass is 375 g/mol. The Bertz CT molecular complexity index is 957. The van der Waals surface area contributed by atoms with Gasteiger partial charge in [-0.1, -0.05) is 42.5 Å². The van der Waals surface area contributed by atoms with E-state index in [9.17, 15) is 9.90 Å². The van der Waals surface area contributed by atoms with Gasteiger partial charge in [0.25, 0.3) is 0 Å². The molecule has 5 heteroatoms. The molecule has 1 N–H and O–H groups in total. The molecular weight excluding hydrogens is 350 g/mol. The minimum atomic E-state index is -0.669. The predicted octanol–water partition coefficient (Wildman–Crippen LogP) is 4.14. The van der Waals surface area contributed by atoms with E-state index in [0.29, 0.717) is 12.8 Å². The van der Waals surface area contributed by atoms with Crippen molar-refractivity contribution in [3.05, 3.63) is 71.9 Å². The Hall–Kier alpha value is -2.92. The second-order valence-electron chi connectivity index (χ2n) is 7.49. The second kappa shape index (κ2) is 7.98. The number of likely N-dealkylation sites (tertiary alicyclic amines) is 1. The molecule has 28 heavy (non-hydrogen) atoms. The van der Waals surface area contributed by atoms with Crippen LogP contribution < -0.4 is 0 Å². The summed E-state index contributed by atoms with van der Waals surface area (Å²) < 4.78 is 1.95. The van der Waals surface area contributed by atoms with Crippen molar-refractivity contribution < 1.29 is 9.90 Å². The van der Waals surface area contributed by atoms with Crippen LogP contribution in [0.1, 0.15) is 24.0 Å². The number of aromatic nitrogens is 2. The lowest BCUT2D eigenvalue weighted by atomic mass is 9.96. The van der Waals surface area contributed by atoms with Crippen molar-refractivity contribution in [2.24, 2.45) is 5.92 Å². The number of hydrogen-bond donors (Lipinski definition) is 1. The third-order valence-corrected chi connectivity index (χ3v) is 5.54. The summed E-state index contributed by atoms with van der Waals surface area (Å²) in [5.41, 5.74) is 5.56. The van der Waals surface area contributed by atoms with Crippen LogP contribution in [0.5, 0.6) is 0 Å². The molecule has 1 saturated heterocycles. The molecule has 0 spiro atoms. The van der Waals surface area contributed by atoms with Crippen LogP contribution in [-0.4, -0.2) is 38.8 Å². The van der Waals surface area contributed by atoms with E-state index in [1.54, 1.807) is 0 Å². The Labute approximate surface area is 165 Å². The first kappa shape index (κ1) is 18.4. The number of hydrogen-bond acceptors (Lipinski definition) is 3. The minimum Gasteiger partial charge on any atom is -0.481 e. The Kier molecular flexibility index (Phi) is 5.26. The van der Waals surface area contributed by atoms with Gasteiger partial charge < -0.3 is 5.11 Å². The summed E-state index contributed by atoms with van der Waals surface area (Å²) in [7, 11) is 0. The second-order valence-corrected chi connectivity index (χ2v) is 7.49. The third-order valence-electron chi connectivity index (χ3n) is 5.54. The van der Waals surface area contributed by atoms with Crippen LogP contribution in [0.15, 0.2) is 60.8 Å². The van der Waals surface area contributed by atoms with Crippen LogP contribution in [0.4, 0.5) is 0 Å². The van der Waals surface area contributed by atoms with Crippen molar-refractivity contribution in [1.82, 2.24) is 14.7 Å². The number of piperidine rings is 1. The fourth-order valence-corrected chi connectivity index (χ4v) is 3.88. The van der Waals surface area contributed by atoms with Crippen molar-refractivity contribution in [3.63, 3.8) is 0 Å². The van der Waals surface area contributed by atoms with Crippen LogP contribution in [-0.2, 0) is 11.3 Å². The molecule has 0 atom stereocenters. The zero-order chi connectivity index (χ0) is 19.5. The number of para-hydroxylation sites is 1. The Morgan fingerprint density at radius 3 is 2.43 bits per heavy atom. The smallest absolute Gasteiger partial charge is 0.306 e. The van der Waals surface area contributed by atoms with E-state index in [2.05, 4.69) is 42.3 Å². The Balaban J connectivity index is 1.65. The zero-order valence-corrected chi connectivity index (χ0v) is 16.1. The molecule has 0 aliphatic carbocycles. The lowest BCUT2D eigenvalue weighted by Gasteiger charge is -2.29. The molecular formula is C23H25N3O2. The van der Waals surface area contributed by atoms with Crippen LogP contribution in [0, 0.1) is 12.8 Å². The first-order chi connectivity index (χ1) is 13.6. The first-order valence-corrected chi connectivity index (χ1v) is 9.77. The van der Waals surface area contributed by atoms with E-state index in [4.69, 9.17) is 5.10 Å². The van der Waals surface area contributed by atoms with Gasteiger partial charge in [0.1, 0.15) is 0 Å². The van der Waals surface area contributed by atoms with Crippen LogP contribution >= 0.6 is 0 Å². The summed E-state index contributed by atoms with van der Waals surface area (Å²) in [6.07, 6.45) is 3.53. The van der Waals surface area contributed by atoms with Crippen molar-refractivity contribution in [2.45, 2.75) is 26.3 Å². The van der Waals surface area contributed by atoms with Crippen LogP contribution in [0.25, 0.3) is 16.9 Å². The average molecular weight is 375 g/mol. The van der Waals surface area contributed by atoms with E-state index in [1.165, 1.54) is 11.1 Å². The maximum atomic E-state index is 11.2. The van der Waals surface area contributed by atoms with E-state index in [0.717, 1.165) is 36.6 Å². The van der Waals surface area contributed by atoms with Gasteiger partial charge in [-0.15, -0.1) is 0 Å². The lowest BCUT2D eigenvalue weighted by molar-refractivity contribution is -0.143. The Morgan fingerprint density at radius 2 is 1.75 bits per heavy atom. The molecule has 3 aromatic rings. The molecule has 0 saturated carbocycles. The van der Waals surface area contributed by atoms with E-state index in [1.807, 2.05) is 35.0 Å². The van der Waals surface area contributed by atoms with Crippen LogP contribution in [0.2, 0.25) is 0 Å². The average Bonchev–Trinajstić information content (AvgIpc) is 3.13. The number of benzene rings is 2. The summed E-state index contributed by atoms with van der Waals surface area (Å²) in [6.45, 7) is 4.50. The fourth-order valence-electron chi connectivity index (χ4n) is 3.88. The highest BCUT2D eigenvalue weighted by atomic mass is 16.4. The fraction of sp³-hybridized carbons (Fsp3) is 0.304. The highest BCUT2D eigenvalue weighted by Gasteiger charge is 2.25. The molecule has 0 amide bonds. The van der Waals surface area contributed by atoms with Gasteiger partial charge in [-0.25, -0.2) is 4.68 Å². The molecule has 2 heterocycles. The van der Waals surface area contributed by atoms with E-state index >= 15 is 0 Å². The topological polar surface area (TPSA) is 58.4 Å². The largest absolute Gasteiger partial charge is 0.481 e. The molecule has 1 aliphatic heterocycles. The molecule has 0 radical (unpaired) electrons. The van der Waals surface area contributed by atoms with Gasteiger partial charge in [-0.2, -0.15) is 5.10 Å². The molecule has 4 rings (SSSR count). The number of rotatable bonds is 5. The number of carbonyl (C=O) groups is 1. The summed E-state index contributed by atoms with van der Waals surface area (Å²) in [4.78, 5) is 13.6. The van der Waals surface area contributed by atoms with Crippen molar-refractivity contribution in [2.75, 3.05) is 13.1 Å². The standard InChI is InChI=1S/C23H25N3O2/c1-17-7-5-6-10-21(17)22-19(15-25-13-11-18(12-14-25)23(27)28)16-26(24-22)20-8-3-2-4-9-20/h2-10,16,18H,11-15H2,1H3,(H,27,28). The molecule has 144 valence electrons. The quantitative estimate of drug-likeness (QED) is 0.728. The van der Waals surface area contributed by atoms with Gasteiger partial charge in [0, 0.05) is 23.9 Å². The minimum absolute atomic E-state index is 0.209. The molecule has 0 unspecified atom stereocenters. The van der Waals surface area contributed by atoms with Gasteiger partial charge in [-0.05, 0) is 50.6 Å². The van der Waals surface area contributed by atoms with Gasteiger partial charge in [0.05, 0.1) is 17.3 Å². The van der Waals surface area contributed by atoms with Gasteiger partial charge in [0.15, 0.2) is 0 Å². The van der Waals surface area contributed by atoms with Crippen LogP contribution in [0.3, 0.4) is 0 Å². The molecule has 0 bridgehead atoms. The highest BCUT2D eigenvalue weighted by molar-refractivity contribution is 5.70. The molecule has 2 aromatic carbocycles. The summed E-state index contributed by atoms with van der Waals surface area (Å²) in [5.74, 6) is -0.878. The summed E-state index contributed by atoms with van der Waals surface area (Å²) in [6, 6.07) is 18.5. The number of aliphatic carboxylic acids is 1. The number of carboxylic acid groups (broad SMARTS) is 1. The normalized spacial score (nSPS) is 15.6.